The molecule has 1 fully saturated rings. The van der Waals surface area contributed by atoms with Crippen molar-refractivity contribution in [1.82, 2.24) is 9.97 Å². The minimum Gasteiger partial charge on any atom is -0.478 e. The normalized spacial score (nSPS) is 23.1. The second-order valence-corrected chi connectivity index (χ2v) is 5.17. The molecular formula is C14H23N3O2. The van der Waals surface area contributed by atoms with Crippen LogP contribution in [0.3, 0.4) is 0 Å². The molecule has 2 rings (SSSR count). The first kappa shape index (κ1) is 14.1. The summed E-state index contributed by atoms with van der Waals surface area (Å²) in [4.78, 5) is 8.77. The molecule has 106 valence electrons. The number of aliphatic hydroxyl groups is 1. The lowest BCUT2D eigenvalue weighted by molar-refractivity contribution is 0.126. The molecule has 0 aromatic carbocycles. The average Bonchev–Trinajstić information content (AvgIpc) is 2.38. The highest BCUT2D eigenvalue weighted by Gasteiger charge is 2.20. The van der Waals surface area contributed by atoms with Crippen molar-refractivity contribution in [2.45, 2.75) is 58.1 Å². The van der Waals surface area contributed by atoms with Crippen molar-refractivity contribution in [1.29, 1.82) is 0 Å². The van der Waals surface area contributed by atoms with Gasteiger partial charge in [-0.2, -0.15) is 4.98 Å². The van der Waals surface area contributed by atoms with E-state index in [1.807, 2.05) is 13.0 Å². The molecule has 1 saturated carbocycles. The Morgan fingerprint density at radius 1 is 1.32 bits per heavy atom. The van der Waals surface area contributed by atoms with Crippen LogP contribution in [0.4, 0.5) is 5.95 Å². The van der Waals surface area contributed by atoms with Crippen molar-refractivity contribution in [3.8, 4) is 5.88 Å². The predicted molar refractivity (Wildman–Crippen MR) is 74.4 cm³/mol. The van der Waals surface area contributed by atoms with E-state index in [0.29, 0.717) is 24.5 Å². The van der Waals surface area contributed by atoms with Gasteiger partial charge in [-0.25, -0.2) is 4.98 Å². The Morgan fingerprint density at radius 3 is 2.74 bits per heavy atom. The summed E-state index contributed by atoms with van der Waals surface area (Å²) < 4.78 is 5.55. The molecule has 0 saturated heterocycles. The third-order valence-corrected chi connectivity index (χ3v) is 3.31. The van der Waals surface area contributed by atoms with Crippen LogP contribution in [-0.4, -0.2) is 33.8 Å². The summed E-state index contributed by atoms with van der Waals surface area (Å²) in [6, 6.07) is 2.20. The van der Waals surface area contributed by atoms with Crippen molar-refractivity contribution in [3.05, 3.63) is 11.8 Å². The van der Waals surface area contributed by atoms with E-state index < -0.39 is 0 Å². The molecule has 5 heteroatoms. The standard InChI is InChI=1S/C14H23N3O2/c1-3-8-19-13-9-10(2)15-14(17-13)16-11-4-6-12(18)7-5-11/h9,11-12,18H,3-8H2,1-2H3,(H,15,16,17). The monoisotopic (exact) mass is 265 g/mol. The van der Waals surface area contributed by atoms with Crippen molar-refractivity contribution in [2.24, 2.45) is 0 Å². The molecule has 1 aliphatic carbocycles. The fraction of sp³-hybridized carbons (Fsp3) is 0.714. The number of aromatic nitrogens is 2. The van der Waals surface area contributed by atoms with Gasteiger partial charge in [0.25, 0.3) is 0 Å². The van der Waals surface area contributed by atoms with E-state index >= 15 is 0 Å². The zero-order chi connectivity index (χ0) is 13.7. The van der Waals surface area contributed by atoms with E-state index in [4.69, 9.17) is 4.74 Å². The molecule has 0 radical (unpaired) electrons. The van der Waals surface area contributed by atoms with E-state index in [1.165, 1.54) is 0 Å². The number of aliphatic hydroxyl groups excluding tert-OH is 1. The minimum absolute atomic E-state index is 0.139. The molecule has 1 aromatic heterocycles. The van der Waals surface area contributed by atoms with Crippen LogP contribution >= 0.6 is 0 Å². The number of nitrogens with zero attached hydrogens (tertiary/aromatic N) is 2. The maximum absolute atomic E-state index is 9.50. The number of rotatable bonds is 5. The van der Waals surface area contributed by atoms with Crippen molar-refractivity contribution < 1.29 is 9.84 Å². The van der Waals surface area contributed by atoms with Crippen LogP contribution in [0.25, 0.3) is 0 Å². The summed E-state index contributed by atoms with van der Waals surface area (Å²) in [7, 11) is 0. The Bertz CT molecular complexity index is 404. The van der Waals surface area contributed by atoms with E-state index in [0.717, 1.165) is 37.8 Å². The summed E-state index contributed by atoms with van der Waals surface area (Å²) in [6.45, 7) is 4.68. The average molecular weight is 265 g/mol. The fourth-order valence-electron chi connectivity index (χ4n) is 2.29. The van der Waals surface area contributed by atoms with E-state index in [2.05, 4.69) is 22.2 Å². The number of anilines is 1. The molecule has 0 aliphatic heterocycles. The smallest absolute Gasteiger partial charge is 0.226 e. The lowest BCUT2D eigenvalue weighted by atomic mass is 9.93. The number of hydrogen-bond donors (Lipinski definition) is 2. The van der Waals surface area contributed by atoms with Gasteiger partial charge in [0.05, 0.1) is 12.7 Å². The maximum Gasteiger partial charge on any atom is 0.226 e. The second-order valence-electron chi connectivity index (χ2n) is 5.17. The Morgan fingerprint density at radius 2 is 2.05 bits per heavy atom. The predicted octanol–water partition coefficient (Wildman–Crippen LogP) is 2.29. The first-order chi connectivity index (χ1) is 9.17. The van der Waals surface area contributed by atoms with Crippen LogP contribution in [0.1, 0.15) is 44.7 Å². The Labute approximate surface area is 114 Å². The van der Waals surface area contributed by atoms with Crippen molar-refractivity contribution in [2.75, 3.05) is 11.9 Å². The first-order valence-corrected chi connectivity index (χ1v) is 7.10. The van der Waals surface area contributed by atoms with Gasteiger partial charge in [-0.1, -0.05) is 6.92 Å². The van der Waals surface area contributed by atoms with Gasteiger partial charge < -0.3 is 15.2 Å². The molecule has 2 N–H and O–H groups in total. The van der Waals surface area contributed by atoms with E-state index in [9.17, 15) is 5.11 Å². The van der Waals surface area contributed by atoms with E-state index in [1.54, 1.807) is 0 Å². The van der Waals surface area contributed by atoms with Crippen LogP contribution in [0.15, 0.2) is 6.07 Å². The van der Waals surface area contributed by atoms with Crippen LogP contribution in [0.2, 0.25) is 0 Å². The number of hydrogen-bond acceptors (Lipinski definition) is 5. The lowest BCUT2D eigenvalue weighted by Gasteiger charge is -2.26. The molecule has 0 spiro atoms. The van der Waals surface area contributed by atoms with E-state index in [-0.39, 0.29) is 6.10 Å². The third kappa shape index (κ3) is 4.35. The Kier molecular flexibility index (Phi) is 4.96. The highest BCUT2D eigenvalue weighted by molar-refractivity contribution is 5.31. The zero-order valence-corrected chi connectivity index (χ0v) is 11.7. The first-order valence-electron chi connectivity index (χ1n) is 7.10. The number of ether oxygens (including phenoxy) is 1. The number of nitrogens with one attached hydrogen (secondary N) is 1. The summed E-state index contributed by atoms with van der Waals surface area (Å²) in [5, 5.41) is 12.8. The van der Waals surface area contributed by atoms with Gasteiger partial charge >= 0.3 is 0 Å². The molecule has 19 heavy (non-hydrogen) atoms. The molecular weight excluding hydrogens is 242 g/mol. The summed E-state index contributed by atoms with van der Waals surface area (Å²) in [5.41, 5.74) is 0.902. The van der Waals surface area contributed by atoms with Crippen molar-refractivity contribution in [3.63, 3.8) is 0 Å². The van der Waals surface area contributed by atoms with Gasteiger partial charge in [-0.05, 0) is 39.0 Å². The minimum atomic E-state index is -0.139. The van der Waals surface area contributed by atoms with Gasteiger partial charge in [-0.15, -0.1) is 0 Å². The topological polar surface area (TPSA) is 67.3 Å². The van der Waals surface area contributed by atoms with Crippen molar-refractivity contribution >= 4 is 5.95 Å². The molecule has 5 nitrogen and oxygen atoms in total. The summed E-state index contributed by atoms with van der Waals surface area (Å²) in [6.07, 6.45) is 4.45. The quantitative estimate of drug-likeness (QED) is 0.855. The second kappa shape index (κ2) is 6.70. The zero-order valence-electron chi connectivity index (χ0n) is 11.7. The summed E-state index contributed by atoms with van der Waals surface area (Å²) >= 11 is 0. The highest BCUT2D eigenvalue weighted by Crippen LogP contribution is 2.22. The van der Waals surface area contributed by atoms with Gasteiger partial charge in [-0.3, -0.25) is 0 Å². The van der Waals surface area contributed by atoms with Gasteiger partial charge in [0, 0.05) is 17.8 Å². The van der Waals surface area contributed by atoms with Gasteiger partial charge in [0.2, 0.25) is 11.8 Å². The molecule has 1 heterocycles. The largest absolute Gasteiger partial charge is 0.478 e. The lowest BCUT2D eigenvalue weighted by Crippen LogP contribution is -2.29. The Balaban J connectivity index is 1.97. The SMILES string of the molecule is CCCOc1cc(C)nc(NC2CCC(O)CC2)n1. The Hall–Kier alpha value is -1.36. The van der Waals surface area contributed by atoms with Gasteiger partial charge in [0.1, 0.15) is 0 Å². The number of aryl methyl sites for hydroxylation is 1. The van der Waals surface area contributed by atoms with Crippen LogP contribution in [-0.2, 0) is 0 Å². The van der Waals surface area contributed by atoms with Crippen LogP contribution in [0, 0.1) is 6.92 Å². The summed E-state index contributed by atoms with van der Waals surface area (Å²) in [5.74, 6) is 1.26. The molecule has 1 aliphatic rings. The molecule has 0 atom stereocenters. The maximum atomic E-state index is 9.50. The molecule has 0 bridgehead atoms. The fourth-order valence-corrected chi connectivity index (χ4v) is 2.29. The van der Waals surface area contributed by atoms with Crippen LogP contribution in [0.5, 0.6) is 5.88 Å². The third-order valence-electron chi connectivity index (χ3n) is 3.31. The van der Waals surface area contributed by atoms with Gasteiger partial charge in [0.15, 0.2) is 0 Å². The molecule has 1 aromatic rings. The molecule has 0 unspecified atom stereocenters. The highest BCUT2D eigenvalue weighted by atomic mass is 16.5. The molecule has 0 amide bonds. The van der Waals surface area contributed by atoms with Crippen LogP contribution < -0.4 is 10.1 Å².